The number of nitrogens with zero attached hydrogens (tertiary/aromatic N) is 5. The van der Waals surface area contributed by atoms with Crippen LogP contribution in [0.3, 0.4) is 0 Å². The van der Waals surface area contributed by atoms with Gasteiger partial charge in [0.25, 0.3) is 0 Å². The lowest BCUT2D eigenvalue weighted by atomic mass is 10.0. The number of aliphatic hydroxyl groups excluding tert-OH is 1. The summed E-state index contributed by atoms with van der Waals surface area (Å²) in [5.41, 5.74) is 1.50. The average molecular weight is 507 g/mol. The quantitative estimate of drug-likeness (QED) is 0.440. The van der Waals surface area contributed by atoms with Gasteiger partial charge in [-0.3, -0.25) is 9.78 Å². The summed E-state index contributed by atoms with van der Waals surface area (Å²) in [5, 5.41) is 32.1. The largest absolute Gasteiger partial charge is 0.486 e. The maximum absolute atomic E-state index is 14.6. The number of carbonyl (C=O) groups is 1. The number of ether oxygens (including phenoxy) is 1. The van der Waals surface area contributed by atoms with Crippen LogP contribution in [0.4, 0.5) is 15.9 Å². The van der Waals surface area contributed by atoms with Gasteiger partial charge in [-0.05, 0) is 44.2 Å². The summed E-state index contributed by atoms with van der Waals surface area (Å²) in [5.74, 6) is 0.217. The minimum atomic E-state index is -1.45. The zero-order chi connectivity index (χ0) is 26.6. The minimum Gasteiger partial charge on any atom is -0.486 e. The Kier molecular flexibility index (Phi) is 7.61. The van der Waals surface area contributed by atoms with Crippen molar-refractivity contribution in [2.24, 2.45) is 0 Å². The Morgan fingerprint density at radius 3 is 2.78 bits per heavy atom. The summed E-state index contributed by atoms with van der Waals surface area (Å²) < 4.78 is 20.5. The van der Waals surface area contributed by atoms with E-state index in [-0.39, 0.29) is 30.8 Å². The molecule has 11 heteroatoms. The first-order valence-electron chi connectivity index (χ1n) is 11.7. The van der Waals surface area contributed by atoms with E-state index in [0.717, 1.165) is 0 Å². The number of amides is 1. The van der Waals surface area contributed by atoms with Crippen molar-refractivity contribution in [2.75, 3.05) is 25.0 Å². The van der Waals surface area contributed by atoms with Gasteiger partial charge in [-0.2, -0.15) is 5.26 Å². The molecule has 0 unspecified atom stereocenters. The van der Waals surface area contributed by atoms with Crippen LogP contribution in [0.1, 0.15) is 31.5 Å². The van der Waals surface area contributed by atoms with Gasteiger partial charge in [-0.1, -0.05) is 0 Å². The highest BCUT2D eigenvalue weighted by molar-refractivity contribution is 5.77. The van der Waals surface area contributed by atoms with Crippen molar-refractivity contribution in [3.8, 4) is 23.1 Å². The molecule has 0 radical (unpaired) electrons. The van der Waals surface area contributed by atoms with Crippen molar-refractivity contribution >= 4 is 17.4 Å². The van der Waals surface area contributed by atoms with Gasteiger partial charge in [0.2, 0.25) is 5.91 Å². The Labute approximate surface area is 213 Å². The molecule has 1 saturated heterocycles. The van der Waals surface area contributed by atoms with E-state index >= 15 is 0 Å². The van der Waals surface area contributed by atoms with Gasteiger partial charge in [0, 0.05) is 36.5 Å². The monoisotopic (exact) mass is 506 g/mol. The van der Waals surface area contributed by atoms with Crippen LogP contribution in [0.15, 0.2) is 48.9 Å². The second kappa shape index (κ2) is 10.9. The van der Waals surface area contributed by atoms with Crippen LogP contribution in [-0.2, 0) is 10.4 Å². The highest BCUT2D eigenvalue weighted by atomic mass is 19.1. The fourth-order valence-corrected chi connectivity index (χ4v) is 3.96. The predicted molar refractivity (Wildman–Crippen MR) is 133 cm³/mol. The maximum Gasteiger partial charge on any atom is 0.248 e. The third-order valence-corrected chi connectivity index (χ3v) is 5.97. The second-order valence-corrected chi connectivity index (χ2v) is 9.18. The molecule has 3 heterocycles. The van der Waals surface area contributed by atoms with E-state index in [4.69, 9.17) is 9.84 Å². The van der Waals surface area contributed by atoms with E-state index in [1.54, 1.807) is 56.4 Å². The molecule has 3 N–H and O–H groups in total. The molecule has 2 aromatic heterocycles. The van der Waals surface area contributed by atoms with Gasteiger partial charge in [0.1, 0.15) is 42.3 Å². The molecule has 3 aromatic rings. The highest BCUT2D eigenvalue weighted by Crippen LogP contribution is 2.30. The number of alkyl halides is 1. The Balaban J connectivity index is 1.50. The summed E-state index contributed by atoms with van der Waals surface area (Å²) in [7, 11) is 0. The number of likely N-dealkylation sites (tertiary alicyclic amines) is 1. The third kappa shape index (κ3) is 6.17. The summed E-state index contributed by atoms with van der Waals surface area (Å²) in [6, 6.07) is 12.2. The summed E-state index contributed by atoms with van der Waals surface area (Å²) >= 11 is 0. The summed E-state index contributed by atoms with van der Waals surface area (Å²) in [4.78, 5) is 25.6. The standard InChI is InChI=1S/C26H27FN6O4/c1-26(2,36)23-10-18(5-7-29-23)32-24-11-20(30-15-31-24)16-3-4-21(17(9-16)12-28)37-22-6-8-33(13-19(22)27)25(35)14-34/h3-5,7,9-11,15,19,22,34,36H,6,8,13-14H2,1-2H3,(H,29,30,31,32)/t19-,22+/m1/s1. The molecule has 1 aromatic carbocycles. The van der Waals surface area contributed by atoms with E-state index in [1.807, 2.05) is 0 Å². The molecular weight excluding hydrogens is 479 g/mol. The van der Waals surface area contributed by atoms with Gasteiger partial charge in [0.15, 0.2) is 6.17 Å². The van der Waals surface area contributed by atoms with Crippen LogP contribution in [0, 0.1) is 11.3 Å². The number of hydrogen-bond acceptors (Lipinski definition) is 9. The molecule has 2 atom stereocenters. The first-order chi connectivity index (χ1) is 17.7. The topological polar surface area (TPSA) is 144 Å². The number of carbonyl (C=O) groups excluding carboxylic acids is 1. The minimum absolute atomic E-state index is 0.171. The molecule has 0 aliphatic carbocycles. The van der Waals surface area contributed by atoms with Crippen molar-refractivity contribution in [3.05, 3.63) is 60.2 Å². The molecule has 0 bridgehead atoms. The number of rotatable bonds is 7. The van der Waals surface area contributed by atoms with Crippen LogP contribution in [0.25, 0.3) is 11.3 Å². The number of nitriles is 1. The van der Waals surface area contributed by atoms with Crippen molar-refractivity contribution < 1.29 is 24.1 Å². The molecule has 1 aliphatic rings. The number of anilines is 2. The molecule has 1 amide bonds. The van der Waals surface area contributed by atoms with Crippen molar-refractivity contribution in [1.29, 1.82) is 5.26 Å². The SMILES string of the molecule is CC(C)(O)c1cc(Nc2cc(-c3ccc(O[C@H]4CCN(C(=O)CO)C[C@H]4F)c(C#N)c3)ncn2)ccn1. The predicted octanol–water partition coefficient (Wildman–Crippen LogP) is 2.69. The lowest BCUT2D eigenvalue weighted by molar-refractivity contribution is -0.138. The molecular formula is C26H27FN6O4. The van der Waals surface area contributed by atoms with E-state index in [2.05, 4.69) is 26.3 Å². The summed E-state index contributed by atoms with van der Waals surface area (Å²) in [6.45, 7) is 2.72. The fraction of sp³-hybridized carbons (Fsp3) is 0.346. The molecule has 4 rings (SSSR count). The third-order valence-electron chi connectivity index (χ3n) is 5.97. The number of piperidine rings is 1. The Morgan fingerprint density at radius 1 is 1.27 bits per heavy atom. The van der Waals surface area contributed by atoms with E-state index < -0.39 is 30.4 Å². The molecule has 1 fully saturated rings. The van der Waals surface area contributed by atoms with Crippen molar-refractivity contribution in [2.45, 2.75) is 38.1 Å². The lowest BCUT2D eigenvalue weighted by Gasteiger charge is -2.34. The van der Waals surface area contributed by atoms with Crippen LogP contribution in [-0.4, -0.2) is 67.9 Å². The highest BCUT2D eigenvalue weighted by Gasteiger charge is 2.33. The Hall–Kier alpha value is -4.14. The Bertz CT molecular complexity index is 1320. The number of aliphatic hydroxyl groups is 2. The zero-order valence-corrected chi connectivity index (χ0v) is 20.4. The van der Waals surface area contributed by atoms with Crippen LogP contribution >= 0.6 is 0 Å². The molecule has 0 spiro atoms. The van der Waals surface area contributed by atoms with Crippen LogP contribution in [0.2, 0.25) is 0 Å². The van der Waals surface area contributed by atoms with E-state index in [0.29, 0.717) is 28.5 Å². The lowest BCUT2D eigenvalue weighted by Crippen LogP contribution is -2.50. The van der Waals surface area contributed by atoms with Crippen molar-refractivity contribution in [1.82, 2.24) is 19.9 Å². The fourth-order valence-electron chi connectivity index (χ4n) is 3.96. The first kappa shape index (κ1) is 25.9. The number of halogens is 1. The van der Waals surface area contributed by atoms with E-state index in [9.17, 15) is 19.6 Å². The zero-order valence-electron chi connectivity index (χ0n) is 20.4. The molecule has 192 valence electrons. The van der Waals surface area contributed by atoms with Gasteiger partial charge in [-0.25, -0.2) is 14.4 Å². The number of aromatic nitrogens is 3. The van der Waals surface area contributed by atoms with Crippen LogP contribution < -0.4 is 10.1 Å². The summed E-state index contributed by atoms with van der Waals surface area (Å²) in [6.07, 6.45) is 0.957. The van der Waals surface area contributed by atoms with Gasteiger partial charge in [0.05, 0.1) is 23.5 Å². The number of pyridine rings is 1. The maximum atomic E-state index is 14.6. The molecule has 0 saturated carbocycles. The molecule has 1 aliphatic heterocycles. The van der Waals surface area contributed by atoms with Gasteiger partial charge in [-0.15, -0.1) is 0 Å². The van der Waals surface area contributed by atoms with Crippen molar-refractivity contribution in [3.63, 3.8) is 0 Å². The normalized spacial score (nSPS) is 17.7. The number of nitrogens with one attached hydrogen (secondary N) is 1. The molecule has 37 heavy (non-hydrogen) atoms. The van der Waals surface area contributed by atoms with Gasteiger partial charge < -0.3 is 25.2 Å². The van der Waals surface area contributed by atoms with Gasteiger partial charge >= 0.3 is 0 Å². The number of hydrogen-bond donors (Lipinski definition) is 3. The smallest absolute Gasteiger partial charge is 0.248 e. The first-order valence-corrected chi connectivity index (χ1v) is 11.7. The molecule has 10 nitrogen and oxygen atoms in total. The van der Waals surface area contributed by atoms with E-state index in [1.165, 1.54) is 11.2 Å². The average Bonchev–Trinajstić information content (AvgIpc) is 2.89. The number of benzene rings is 1. The Morgan fingerprint density at radius 2 is 2.08 bits per heavy atom. The van der Waals surface area contributed by atoms with Crippen LogP contribution in [0.5, 0.6) is 5.75 Å². The second-order valence-electron chi connectivity index (χ2n) is 9.18.